The van der Waals surface area contributed by atoms with Gasteiger partial charge >= 0.3 is 0 Å². The molecule has 0 atom stereocenters. The maximum atomic E-state index is 4.23. The van der Waals surface area contributed by atoms with Crippen molar-refractivity contribution in [1.82, 2.24) is 29.9 Å². The van der Waals surface area contributed by atoms with Gasteiger partial charge in [0.05, 0.1) is 22.9 Å². The summed E-state index contributed by atoms with van der Waals surface area (Å²) in [5, 5.41) is 7.73. The van der Waals surface area contributed by atoms with Gasteiger partial charge in [-0.25, -0.2) is 9.97 Å². The average Bonchev–Trinajstić information content (AvgIpc) is 2.68. The van der Waals surface area contributed by atoms with Gasteiger partial charge in [-0.05, 0) is 23.0 Å². The van der Waals surface area contributed by atoms with E-state index in [4.69, 9.17) is 0 Å². The molecule has 0 aliphatic heterocycles. The zero-order chi connectivity index (χ0) is 12.3. The van der Waals surface area contributed by atoms with Crippen LogP contribution in [0.4, 0.5) is 0 Å². The van der Waals surface area contributed by atoms with Gasteiger partial charge < -0.3 is 0 Å². The number of halogens is 1. The third-order valence-corrected chi connectivity index (χ3v) is 2.73. The molecule has 0 amide bonds. The lowest BCUT2D eigenvalue weighted by Crippen LogP contribution is -2.20. The Balaban J connectivity index is 1.95. The average molecular weight is 297 g/mol. The van der Waals surface area contributed by atoms with Gasteiger partial charge in [0.15, 0.2) is 0 Å². The predicted octanol–water partition coefficient (Wildman–Crippen LogP) is 1.000. The fraction of sp³-hybridized carbons (Fsp3) is 0.400. The largest absolute Gasteiger partial charge is 0.293 e. The van der Waals surface area contributed by atoms with Gasteiger partial charge in [-0.3, -0.25) is 9.58 Å². The number of hydrogen-bond donors (Lipinski definition) is 0. The maximum absolute atomic E-state index is 4.23. The van der Waals surface area contributed by atoms with Crippen molar-refractivity contribution in [2.24, 2.45) is 7.05 Å². The number of hydrogen-bond acceptors (Lipinski definition) is 5. The molecular formula is C10H13BrN6. The molecule has 0 aromatic carbocycles. The summed E-state index contributed by atoms with van der Waals surface area (Å²) in [6.45, 7) is 1.46. The molecule has 2 aromatic heterocycles. The third-order valence-electron chi connectivity index (χ3n) is 2.33. The molecular weight excluding hydrogens is 284 g/mol. The van der Waals surface area contributed by atoms with Gasteiger partial charge in [-0.15, -0.1) is 5.10 Å². The number of aromatic nitrogens is 5. The summed E-state index contributed by atoms with van der Waals surface area (Å²) in [6.07, 6.45) is 5.27. The maximum Gasteiger partial charge on any atom is 0.142 e. The summed E-state index contributed by atoms with van der Waals surface area (Å²) in [7, 11) is 3.89. The molecule has 7 heteroatoms. The molecule has 0 fully saturated rings. The number of rotatable bonds is 4. The highest BCUT2D eigenvalue weighted by molar-refractivity contribution is 9.10. The van der Waals surface area contributed by atoms with Crippen LogP contribution in [0.2, 0.25) is 0 Å². The lowest BCUT2D eigenvalue weighted by atomic mass is 10.4. The van der Waals surface area contributed by atoms with E-state index in [2.05, 4.69) is 41.1 Å². The van der Waals surface area contributed by atoms with Crippen molar-refractivity contribution in [3.05, 3.63) is 34.6 Å². The number of aryl methyl sites for hydroxylation is 1. The first-order valence-electron chi connectivity index (χ1n) is 5.13. The van der Waals surface area contributed by atoms with Crippen LogP contribution in [-0.4, -0.2) is 36.9 Å². The van der Waals surface area contributed by atoms with Crippen molar-refractivity contribution in [2.45, 2.75) is 13.1 Å². The standard InChI is InChI=1S/C10H13BrN6/c1-16(6-9-5-14-15-17(9)2)7-10-12-3-8(11)4-13-10/h3-5H,6-7H2,1-2H3. The molecule has 0 unspecified atom stereocenters. The molecule has 0 N–H and O–H groups in total. The Morgan fingerprint density at radius 2 is 1.94 bits per heavy atom. The summed E-state index contributed by atoms with van der Waals surface area (Å²) in [4.78, 5) is 10.6. The van der Waals surface area contributed by atoms with Crippen molar-refractivity contribution in [3.63, 3.8) is 0 Å². The van der Waals surface area contributed by atoms with Crippen molar-refractivity contribution in [3.8, 4) is 0 Å². The fourth-order valence-corrected chi connectivity index (χ4v) is 1.65. The van der Waals surface area contributed by atoms with E-state index in [1.54, 1.807) is 23.3 Å². The van der Waals surface area contributed by atoms with E-state index in [0.29, 0.717) is 6.54 Å². The van der Waals surface area contributed by atoms with Crippen LogP contribution in [0, 0.1) is 0 Å². The molecule has 0 spiro atoms. The highest BCUT2D eigenvalue weighted by Gasteiger charge is 2.06. The first-order valence-corrected chi connectivity index (χ1v) is 5.93. The predicted molar refractivity (Wildman–Crippen MR) is 65.9 cm³/mol. The minimum atomic E-state index is 0.693. The van der Waals surface area contributed by atoms with Gasteiger partial charge in [0, 0.05) is 26.0 Å². The Hall–Kier alpha value is -1.34. The van der Waals surface area contributed by atoms with Crippen LogP contribution in [0.3, 0.4) is 0 Å². The molecule has 17 heavy (non-hydrogen) atoms. The van der Waals surface area contributed by atoms with E-state index in [1.165, 1.54) is 0 Å². The van der Waals surface area contributed by atoms with Crippen LogP contribution >= 0.6 is 15.9 Å². The number of nitrogens with zero attached hydrogens (tertiary/aromatic N) is 6. The van der Waals surface area contributed by atoms with E-state index >= 15 is 0 Å². The van der Waals surface area contributed by atoms with Crippen LogP contribution < -0.4 is 0 Å². The Labute approximate surface area is 108 Å². The molecule has 0 aliphatic rings. The SMILES string of the molecule is CN(Cc1ncc(Br)cn1)Cc1cnnn1C. The molecule has 0 radical (unpaired) electrons. The van der Waals surface area contributed by atoms with E-state index in [1.807, 2.05) is 14.1 Å². The molecule has 2 rings (SSSR count). The quantitative estimate of drug-likeness (QED) is 0.842. The molecule has 0 bridgehead atoms. The van der Waals surface area contributed by atoms with Gasteiger partial charge in [-0.1, -0.05) is 5.21 Å². The normalized spacial score (nSPS) is 11.1. The summed E-state index contributed by atoms with van der Waals surface area (Å²) in [6, 6.07) is 0. The van der Waals surface area contributed by atoms with Crippen LogP contribution in [0.15, 0.2) is 23.1 Å². The first kappa shape index (κ1) is 12.1. The second kappa shape index (κ2) is 5.33. The van der Waals surface area contributed by atoms with Gasteiger partial charge in [-0.2, -0.15) is 0 Å². The highest BCUT2D eigenvalue weighted by atomic mass is 79.9. The Morgan fingerprint density at radius 3 is 2.53 bits per heavy atom. The lowest BCUT2D eigenvalue weighted by Gasteiger charge is -2.14. The van der Waals surface area contributed by atoms with Gasteiger partial charge in [0.2, 0.25) is 0 Å². The zero-order valence-electron chi connectivity index (χ0n) is 9.71. The fourth-order valence-electron chi connectivity index (χ4n) is 1.45. The van der Waals surface area contributed by atoms with Crippen molar-refractivity contribution in [1.29, 1.82) is 0 Å². The van der Waals surface area contributed by atoms with E-state index < -0.39 is 0 Å². The van der Waals surface area contributed by atoms with E-state index in [-0.39, 0.29) is 0 Å². The van der Waals surface area contributed by atoms with Crippen LogP contribution in [0.25, 0.3) is 0 Å². The van der Waals surface area contributed by atoms with Gasteiger partial charge in [0.1, 0.15) is 5.82 Å². The zero-order valence-corrected chi connectivity index (χ0v) is 11.3. The first-order chi connectivity index (χ1) is 8.15. The monoisotopic (exact) mass is 296 g/mol. The summed E-state index contributed by atoms with van der Waals surface area (Å²) in [5.74, 6) is 0.797. The van der Waals surface area contributed by atoms with E-state index in [9.17, 15) is 0 Å². The van der Waals surface area contributed by atoms with Crippen LogP contribution in [0.1, 0.15) is 11.5 Å². The van der Waals surface area contributed by atoms with Crippen LogP contribution in [-0.2, 0) is 20.1 Å². The third kappa shape index (κ3) is 3.31. The Bertz CT molecular complexity index is 480. The molecule has 90 valence electrons. The molecule has 0 saturated carbocycles. The van der Waals surface area contributed by atoms with Gasteiger partial charge in [0.25, 0.3) is 0 Å². The summed E-state index contributed by atoms with van der Waals surface area (Å²) >= 11 is 3.31. The second-order valence-corrected chi connectivity index (χ2v) is 4.75. The van der Waals surface area contributed by atoms with Crippen LogP contribution in [0.5, 0.6) is 0 Å². The molecule has 2 heterocycles. The Kier molecular flexibility index (Phi) is 3.80. The summed E-state index contributed by atoms with van der Waals surface area (Å²) < 4.78 is 2.65. The lowest BCUT2D eigenvalue weighted by molar-refractivity contribution is 0.301. The molecule has 6 nitrogen and oxygen atoms in total. The molecule has 0 aliphatic carbocycles. The van der Waals surface area contributed by atoms with Crippen molar-refractivity contribution < 1.29 is 0 Å². The summed E-state index contributed by atoms with van der Waals surface area (Å²) in [5.41, 5.74) is 1.06. The minimum Gasteiger partial charge on any atom is -0.293 e. The smallest absolute Gasteiger partial charge is 0.142 e. The second-order valence-electron chi connectivity index (χ2n) is 3.84. The Morgan fingerprint density at radius 1 is 1.24 bits per heavy atom. The van der Waals surface area contributed by atoms with Crippen molar-refractivity contribution in [2.75, 3.05) is 7.05 Å². The highest BCUT2D eigenvalue weighted by Crippen LogP contribution is 2.07. The van der Waals surface area contributed by atoms with Crippen molar-refractivity contribution >= 4 is 15.9 Å². The van der Waals surface area contributed by atoms with E-state index in [0.717, 1.165) is 22.5 Å². The minimum absolute atomic E-state index is 0.693. The molecule has 2 aromatic rings. The topological polar surface area (TPSA) is 59.7 Å². The molecule has 0 saturated heterocycles.